The molecule has 0 saturated carbocycles. The van der Waals surface area contributed by atoms with Gasteiger partial charge in [-0.25, -0.2) is 4.98 Å². The third kappa shape index (κ3) is 1.63. The molecule has 0 aliphatic rings. The molecule has 0 atom stereocenters. The minimum atomic E-state index is -0.0892. The zero-order valence-electron chi connectivity index (χ0n) is 9.88. The molecule has 0 radical (unpaired) electrons. The number of aromatic nitrogens is 4. The maximum Gasteiger partial charge on any atom is 0.264 e. The normalized spacial score (nSPS) is 11.2. The molecular weight excluding hydrogens is 252 g/mol. The first kappa shape index (κ1) is 11.1. The molecule has 0 amide bonds. The van der Waals surface area contributed by atoms with E-state index in [1.165, 1.54) is 22.4 Å². The van der Waals surface area contributed by atoms with Crippen LogP contribution in [0.15, 0.2) is 21.9 Å². The molecule has 7 heteroatoms. The lowest BCUT2D eigenvalue weighted by Gasteiger charge is -2.02. The second-order valence-electron chi connectivity index (χ2n) is 4.07. The van der Waals surface area contributed by atoms with Gasteiger partial charge in [-0.1, -0.05) is 5.16 Å². The molecule has 0 spiro atoms. The van der Waals surface area contributed by atoms with Crippen molar-refractivity contribution in [3.05, 3.63) is 39.9 Å². The molecule has 92 valence electrons. The van der Waals surface area contributed by atoms with Crippen LogP contribution in [0.5, 0.6) is 0 Å². The Kier molecular flexibility index (Phi) is 2.48. The first-order chi connectivity index (χ1) is 8.66. The first-order valence-corrected chi connectivity index (χ1v) is 6.15. The van der Waals surface area contributed by atoms with Crippen LogP contribution >= 0.6 is 11.5 Å². The lowest BCUT2D eigenvalue weighted by molar-refractivity contribution is 0.409. The minimum Gasteiger partial charge on any atom is -0.364 e. The van der Waals surface area contributed by atoms with Crippen molar-refractivity contribution in [1.82, 2.24) is 19.1 Å². The monoisotopic (exact) mass is 262 g/mol. The Morgan fingerprint density at radius 2 is 2.28 bits per heavy atom. The van der Waals surface area contributed by atoms with Gasteiger partial charge in [-0.15, -0.1) is 0 Å². The fourth-order valence-corrected chi connectivity index (χ4v) is 2.48. The van der Waals surface area contributed by atoms with E-state index in [9.17, 15) is 4.79 Å². The summed E-state index contributed by atoms with van der Waals surface area (Å²) in [5, 5.41) is 4.45. The highest BCUT2D eigenvalue weighted by atomic mass is 32.1. The van der Waals surface area contributed by atoms with Crippen molar-refractivity contribution in [3.63, 3.8) is 0 Å². The summed E-state index contributed by atoms with van der Waals surface area (Å²) in [6, 6.07) is 0. The third-order valence-corrected chi connectivity index (χ3v) is 3.65. The molecule has 0 fully saturated rings. The molecule has 3 rings (SSSR count). The van der Waals surface area contributed by atoms with Crippen LogP contribution in [0.25, 0.3) is 10.2 Å². The Balaban J connectivity index is 2.13. The molecule has 0 bridgehead atoms. The van der Waals surface area contributed by atoms with Gasteiger partial charge < -0.3 is 4.52 Å². The Morgan fingerprint density at radius 3 is 3.00 bits per heavy atom. The van der Waals surface area contributed by atoms with Gasteiger partial charge in [0.15, 0.2) is 4.83 Å². The summed E-state index contributed by atoms with van der Waals surface area (Å²) in [5.41, 5.74) is 2.29. The molecule has 3 aromatic heterocycles. The Hall–Kier alpha value is -2.02. The molecule has 18 heavy (non-hydrogen) atoms. The lowest BCUT2D eigenvalue weighted by Crippen LogP contribution is -2.21. The highest BCUT2D eigenvalue weighted by Gasteiger charge is 2.12. The van der Waals surface area contributed by atoms with Crippen molar-refractivity contribution < 1.29 is 4.52 Å². The average molecular weight is 262 g/mol. The molecule has 0 unspecified atom stereocenters. The van der Waals surface area contributed by atoms with Crippen LogP contribution in [0.4, 0.5) is 0 Å². The third-order valence-electron chi connectivity index (χ3n) is 2.80. The number of hydrogen-bond donors (Lipinski definition) is 0. The van der Waals surface area contributed by atoms with Gasteiger partial charge in [-0.3, -0.25) is 9.36 Å². The van der Waals surface area contributed by atoms with Crippen LogP contribution in [-0.4, -0.2) is 19.1 Å². The summed E-state index contributed by atoms with van der Waals surface area (Å²) in [4.78, 5) is 17.2. The molecule has 6 nitrogen and oxygen atoms in total. The largest absolute Gasteiger partial charge is 0.364 e. The summed E-state index contributed by atoms with van der Waals surface area (Å²) in [6.07, 6.45) is 3.08. The van der Waals surface area contributed by atoms with E-state index in [2.05, 4.69) is 14.5 Å². The zero-order chi connectivity index (χ0) is 12.7. The fraction of sp³-hybridized carbons (Fsp3) is 0.273. The van der Waals surface area contributed by atoms with Gasteiger partial charge in [-0.05, 0) is 25.4 Å². The number of nitrogens with zero attached hydrogens (tertiary/aromatic N) is 4. The van der Waals surface area contributed by atoms with Crippen LogP contribution in [0, 0.1) is 13.8 Å². The predicted octanol–water partition coefficient (Wildman–Crippen LogP) is 1.51. The molecule has 3 heterocycles. The van der Waals surface area contributed by atoms with Crippen LogP contribution in [0.1, 0.15) is 17.0 Å². The van der Waals surface area contributed by atoms with Gasteiger partial charge in [0, 0.05) is 5.56 Å². The maximum absolute atomic E-state index is 12.3. The van der Waals surface area contributed by atoms with Crippen molar-refractivity contribution in [2.45, 2.75) is 20.4 Å². The van der Waals surface area contributed by atoms with Gasteiger partial charge in [-0.2, -0.15) is 4.37 Å². The topological polar surface area (TPSA) is 73.8 Å². The molecular formula is C11H10N4O2S. The predicted molar refractivity (Wildman–Crippen MR) is 66.8 cm³/mol. The van der Waals surface area contributed by atoms with E-state index in [-0.39, 0.29) is 5.56 Å². The van der Waals surface area contributed by atoms with Crippen molar-refractivity contribution in [3.8, 4) is 0 Å². The average Bonchev–Trinajstić information content (AvgIpc) is 2.91. The molecule has 3 aromatic rings. The number of aryl methyl sites for hydroxylation is 2. The Labute approximate surface area is 106 Å². The maximum atomic E-state index is 12.3. The summed E-state index contributed by atoms with van der Waals surface area (Å²) in [5.74, 6) is 0. The minimum absolute atomic E-state index is 0.0892. The fourth-order valence-electron chi connectivity index (χ4n) is 1.75. The molecule has 0 aliphatic carbocycles. The van der Waals surface area contributed by atoms with Gasteiger partial charge >= 0.3 is 0 Å². The zero-order valence-corrected chi connectivity index (χ0v) is 10.7. The van der Waals surface area contributed by atoms with E-state index in [1.807, 2.05) is 13.8 Å². The lowest BCUT2D eigenvalue weighted by atomic mass is 10.2. The second-order valence-corrected chi connectivity index (χ2v) is 4.82. The number of fused-ring (bicyclic) bond motifs is 1. The number of hydrogen-bond acceptors (Lipinski definition) is 6. The standard InChI is InChI=1S/C11H10N4O2S/c1-6-4-17-13-8(6)3-15-5-12-10-9(11(15)16)7(2)14-18-10/h4-5H,3H2,1-2H3. The van der Waals surface area contributed by atoms with E-state index in [4.69, 9.17) is 4.52 Å². The molecule has 0 N–H and O–H groups in total. The van der Waals surface area contributed by atoms with E-state index >= 15 is 0 Å². The second kappa shape index (κ2) is 4.02. The molecule has 0 saturated heterocycles. The van der Waals surface area contributed by atoms with E-state index in [1.54, 1.807) is 6.26 Å². The van der Waals surface area contributed by atoms with Gasteiger partial charge in [0.1, 0.15) is 12.0 Å². The van der Waals surface area contributed by atoms with E-state index in [0.29, 0.717) is 16.8 Å². The van der Waals surface area contributed by atoms with Crippen LogP contribution in [0.3, 0.4) is 0 Å². The quantitative estimate of drug-likeness (QED) is 0.699. The van der Waals surface area contributed by atoms with E-state index in [0.717, 1.165) is 17.0 Å². The van der Waals surface area contributed by atoms with Crippen molar-refractivity contribution >= 4 is 21.7 Å². The summed E-state index contributed by atoms with van der Waals surface area (Å²) >= 11 is 1.24. The smallest absolute Gasteiger partial charge is 0.264 e. The van der Waals surface area contributed by atoms with Gasteiger partial charge in [0.2, 0.25) is 0 Å². The highest BCUT2D eigenvalue weighted by molar-refractivity contribution is 7.12. The van der Waals surface area contributed by atoms with Crippen molar-refractivity contribution in [2.24, 2.45) is 0 Å². The summed E-state index contributed by atoms with van der Waals surface area (Å²) in [6.45, 7) is 4.06. The number of rotatable bonds is 2. The van der Waals surface area contributed by atoms with Gasteiger partial charge in [0.25, 0.3) is 5.56 Å². The summed E-state index contributed by atoms with van der Waals surface area (Å²) < 4.78 is 10.5. The Morgan fingerprint density at radius 1 is 1.44 bits per heavy atom. The first-order valence-electron chi connectivity index (χ1n) is 5.38. The van der Waals surface area contributed by atoms with Crippen molar-refractivity contribution in [2.75, 3.05) is 0 Å². The van der Waals surface area contributed by atoms with Crippen LogP contribution < -0.4 is 5.56 Å². The Bertz CT molecular complexity index is 771. The molecule has 0 aromatic carbocycles. The van der Waals surface area contributed by atoms with Gasteiger partial charge in [0.05, 0.1) is 24.0 Å². The van der Waals surface area contributed by atoms with Crippen LogP contribution in [0.2, 0.25) is 0 Å². The van der Waals surface area contributed by atoms with Crippen LogP contribution in [-0.2, 0) is 6.54 Å². The highest BCUT2D eigenvalue weighted by Crippen LogP contribution is 2.15. The molecule has 0 aliphatic heterocycles. The summed E-state index contributed by atoms with van der Waals surface area (Å²) in [7, 11) is 0. The van der Waals surface area contributed by atoms with Crippen molar-refractivity contribution in [1.29, 1.82) is 0 Å². The SMILES string of the molecule is Cc1conc1Cn1cnc2snc(C)c2c1=O. The van der Waals surface area contributed by atoms with E-state index < -0.39 is 0 Å².